The standard InChI is InChI=1S/C24H43N3O4/c1-4-6-7-8-9-10-16-31-24(30)21-18-12-14-19(15-13-18)27(21)23(29)17(3)26-20(11-5-2)22(25)28/h17-21,26H,4-16H2,1-3H3,(H2,25,28)/t17-,18?,19?,20-,21-/m0/s1. The zero-order valence-electron chi connectivity index (χ0n) is 19.7. The third-order valence-corrected chi connectivity index (χ3v) is 6.86. The highest BCUT2D eigenvalue weighted by atomic mass is 16.5. The molecule has 2 saturated heterocycles. The molecule has 1 saturated carbocycles. The van der Waals surface area contributed by atoms with Gasteiger partial charge in [0, 0.05) is 6.04 Å². The fraction of sp³-hybridized carbons (Fsp3) is 0.875. The Bertz CT molecular complexity index is 589. The van der Waals surface area contributed by atoms with Crippen molar-refractivity contribution in [2.45, 2.75) is 122 Å². The summed E-state index contributed by atoms with van der Waals surface area (Å²) in [7, 11) is 0. The molecule has 3 rings (SSSR count). The molecule has 2 aliphatic heterocycles. The SMILES string of the molecule is CCCCCCCCOC(=O)[C@@H]1C2CCC(CC2)N1C(=O)[C@H](C)N[C@@H](CCC)C(N)=O. The van der Waals surface area contributed by atoms with Crippen LogP contribution in [0.2, 0.25) is 0 Å². The predicted molar refractivity (Wildman–Crippen MR) is 121 cm³/mol. The summed E-state index contributed by atoms with van der Waals surface area (Å²) in [4.78, 5) is 39.8. The third-order valence-electron chi connectivity index (χ3n) is 6.86. The average molecular weight is 438 g/mol. The minimum Gasteiger partial charge on any atom is -0.464 e. The van der Waals surface area contributed by atoms with Crippen LogP contribution < -0.4 is 11.1 Å². The van der Waals surface area contributed by atoms with Crippen LogP contribution in [0.5, 0.6) is 0 Å². The van der Waals surface area contributed by atoms with E-state index in [2.05, 4.69) is 12.2 Å². The van der Waals surface area contributed by atoms with Gasteiger partial charge in [0.25, 0.3) is 0 Å². The first-order valence-electron chi connectivity index (χ1n) is 12.4. The summed E-state index contributed by atoms with van der Waals surface area (Å²) >= 11 is 0. The number of primary amides is 1. The third kappa shape index (κ3) is 7.19. The normalized spacial score (nSPS) is 24.6. The smallest absolute Gasteiger partial charge is 0.329 e. The summed E-state index contributed by atoms with van der Waals surface area (Å²) in [5.74, 6) is -0.667. The molecule has 0 aromatic carbocycles. The van der Waals surface area contributed by atoms with Gasteiger partial charge in [-0.25, -0.2) is 4.79 Å². The molecule has 2 bridgehead atoms. The highest BCUT2D eigenvalue weighted by molar-refractivity contribution is 5.89. The largest absolute Gasteiger partial charge is 0.464 e. The maximum atomic E-state index is 13.3. The lowest BCUT2D eigenvalue weighted by atomic mass is 9.74. The van der Waals surface area contributed by atoms with E-state index in [-0.39, 0.29) is 23.8 Å². The van der Waals surface area contributed by atoms with Crippen LogP contribution in [-0.4, -0.2) is 53.5 Å². The van der Waals surface area contributed by atoms with Crippen LogP contribution in [0.15, 0.2) is 0 Å². The van der Waals surface area contributed by atoms with E-state index in [1.54, 1.807) is 11.8 Å². The van der Waals surface area contributed by atoms with Gasteiger partial charge in [0.15, 0.2) is 0 Å². The van der Waals surface area contributed by atoms with Crippen molar-refractivity contribution in [3.8, 4) is 0 Å². The van der Waals surface area contributed by atoms with Crippen molar-refractivity contribution >= 4 is 17.8 Å². The molecule has 0 spiro atoms. The number of hydrogen-bond donors (Lipinski definition) is 2. The fourth-order valence-electron chi connectivity index (χ4n) is 5.11. The molecule has 2 amide bonds. The van der Waals surface area contributed by atoms with Crippen LogP contribution in [0.4, 0.5) is 0 Å². The lowest BCUT2D eigenvalue weighted by molar-refractivity contribution is -0.168. The Hall–Kier alpha value is -1.63. The second-order valence-electron chi connectivity index (χ2n) is 9.33. The van der Waals surface area contributed by atoms with Crippen LogP contribution in [0.3, 0.4) is 0 Å². The van der Waals surface area contributed by atoms with Crippen molar-refractivity contribution in [2.24, 2.45) is 11.7 Å². The first kappa shape index (κ1) is 25.6. The Morgan fingerprint density at radius 2 is 1.65 bits per heavy atom. The van der Waals surface area contributed by atoms with Crippen molar-refractivity contribution in [2.75, 3.05) is 6.61 Å². The van der Waals surface area contributed by atoms with E-state index in [0.29, 0.717) is 13.0 Å². The Kier molecular flexibility index (Phi) is 10.8. The number of amides is 2. The topological polar surface area (TPSA) is 102 Å². The van der Waals surface area contributed by atoms with Crippen LogP contribution in [0.25, 0.3) is 0 Å². The summed E-state index contributed by atoms with van der Waals surface area (Å²) in [6.07, 6.45) is 12.0. The summed E-state index contributed by atoms with van der Waals surface area (Å²) < 4.78 is 5.63. The van der Waals surface area contributed by atoms with Gasteiger partial charge in [-0.15, -0.1) is 0 Å². The average Bonchev–Trinajstić information content (AvgIpc) is 2.77. The molecule has 0 aromatic rings. The van der Waals surface area contributed by atoms with E-state index < -0.39 is 24.0 Å². The number of ether oxygens (including phenoxy) is 1. The highest BCUT2D eigenvalue weighted by Gasteiger charge is 2.49. The molecule has 0 radical (unpaired) electrons. The lowest BCUT2D eigenvalue weighted by Crippen LogP contribution is -2.64. The number of fused-ring (bicyclic) bond motifs is 3. The molecule has 7 nitrogen and oxygen atoms in total. The Morgan fingerprint density at radius 1 is 1.00 bits per heavy atom. The van der Waals surface area contributed by atoms with Gasteiger partial charge >= 0.3 is 5.97 Å². The maximum Gasteiger partial charge on any atom is 0.329 e. The van der Waals surface area contributed by atoms with E-state index in [9.17, 15) is 14.4 Å². The van der Waals surface area contributed by atoms with E-state index >= 15 is 0 Å². The van der Waals surface area contributed by atoms with Gasteiger partial charge in [-0.2, -0.15) is 0 Å². The fourth-order valence-corrected chi connectivity index (χ4v) is 5.11. The maximum absolute atomic E-state index is 13.3. The van der Waals surface area contributed by atoms with Gasteiger partial charge in [0.05, 0.1) is 18.7 Å². The van der Waals surface area contributed by atoms with E-state index in [4.69, 9.17) is 10.5 Å². The molecule has 0 unspecified atom stereocenters. The molecule has 7 heteroatoms. The number of nitrogens with zero attached hydrogens (tertiary/aromatic N) is 1. The van der Waals surface area contributed by atoms with Crippen molar-refractivity contribution in [3.05, 3.63) is 0 Å². The van der Waals surface area contributed by atoms with Gasteiger partial charge in [-0.1, -0.05) is 52.4 Å². The highest BCUT2D eigenvalue weighted by Crippen LogP contribution is 2.40. The number of piperidine rings is 2. The van der Waals surface area contributed by atoms with Crippen molar-refractivity contribution < 1.29 is 19.1 Å². The minimum absolute atomic E-state index is 0.0755. The number of nitrogens with two attached hydrogens (primary N) is 1. The molecular weight excluding hydrogens is 394 g/mol. The molecule has 1 aliphatic carbocycles. The molecule has 3 aliphatic rings. The summed E-state index contributed by atoms with van der Waals surface area (Å²) in [5, 5.41) is 3.09. The minimum atomic E-state index is -0.572. The number of unbranched alkanes of at least 4 members (excludes halogenated alkanes) is 5. The van der Waals surface area contributed by atoms with Crippen molar-refractivity contribution in [1.82, 2.24) is 10.2 Å². The number of rotatable bonds is 14. The monoisotopic (exact) mass is 437 g/mol. The van der Waals surface area contributed by atoms with Crippen molar-refractivity contribution in [1.29, 1.82) is 0 Å². The Morgan fingerprint density at radius 3 is 2.26 bits per heavy atom. The van der Waals surface area contributed by atoms with Crippen LogP contribution in [-0.2, 0) is 19.1 Å². The van der Waals surface area contributed by atoms with Gasteiger partial charge in [0.1, 0.15) is 6.04 Å². The predicted octanol–water partition coefficient (Wildman–Crippen LogP) is 3.29. The second-order valence-corrected chi connectivity index (χ2v) is 9.33. The molecule has 3 N–H and O–H groups in total. The van der Waals surface area contributed by atoms with Gasteiger partial charge in [-0.3, -0.25) is 14.9 Å². The summed E-state index contributed by atoms with van der Waals surface area (Å²) in [5.41, 5.74) is 5.49. The summed E-state index contributed by atoms with van der Waals surface area (Å²) in [6.45, 7) is 6.36. The first-order chi connectivity index (χ1) is 14.9. The number of nitrogens with one attached hydrogen (secondary N) is 1. The number of carbonyl (C=O) groups is 3. The Labute approximate surface area is 187 Å². The van der Waals surface area contributed by atoms with Gasteiger partial charge < -0.3 is 15.4 Å². The lowest BCUT2D eigenvalue weighted by Gasteiger charge is -2.50. The number of carbonyl (C=O) groups excluding carboxylic acids is 3. The van der Waals surface area contributed by atoms with E-state index in [0.717, 1.165) is 44.9 Å². The Balaban J connectivity index is 1.95. The van der Waals surface area contributed by atoms with Gasteiger partial charge in [0.2, 0.25) is 11.8 Å². The zero-order valence-corrected chi connectivity index (χ0v) is 19.7. The number of hydrogen-bond acceptors (Lipinski definition) is 5. The number of esters is 1. The first-order valence-corrected chi connectivity index (χ1v) is 12.4. The van der Waals surface area contributed by atoms with Crippen LogP contribution in [0, 0.1) is 5.92 Å². The van der Waals surface area contributed by atoms with Gasteiger partial charge in [-0.05, 0) is 51.4 Å². The van der Waals surface area contributed by atoms with E-state index in [1.165, 1.54) is 25.7 Å². The van der Waals surface area contributed by atoms with Crippen LogP contribution in [0.1, 0.15) is 97.8 Å². The van der Waals surface area contributed by atoms with E-state index in [1.807, 2.05) is 6.92 Å². The molecule has 178 valence electrons. The zero-order chi connectivity index (χ0) is 22.8. The summed E-state index contributed by atoms with van der Waals surface area (Å²) in [6, 6.07) is -1.53. The molecule has 3 fully saturated rings. The molecular formula is C24H43N3O4. The molecule has 3 atom stereocenters. The van der Waals surface area contributed by atoms with Crippen molar-refractivity contribution in [3.63, 3.8) is 0 Å². The molecule has 0 aromatic heterocycles. The molecule has 31 heavy (non-hydrogen) atoms. The van der Waals surface area contributed by atoms with Crippen LogP contribution >= 0.6 is 0 Å². The quantitative estimate of drug-likeness (QED) is 0.321. The molecule has 2 heterocycles. The second kappa shape index (κ2) is 13.0.